The first-order valence-corrected chi connectivity index (χ1v) is 6.14. The standard InChI is InChI=1S/C13H21N3/c1-4-12-9-14-7-8-16(12)13-6-5-10(2)15-11(13)3/h5-6,12,14H,4,7-9H2,1-3H3. The Bertz CT molecular complexity index is 362. The van der Waals surface area contributed by atoms with Crippen LogP contribution in [0.25, 0.3) is 0 Å². The molecular weight excluding hydrogens is 198 g/mol. The van der Waals surface area contributed by atoms with Crippen LogP contribution in [0.1, 0.15) is 24.7 Å². The van der Waals surface area contributed by atoms with Gasteiger partial charge in [-0.05, 0) is 32.4 Å². The number of hydrogen-bond acceptors (Lipinski definition) is 3. The molecule has 0 amide bonds. The summed E-state index contributed by atoms with van der Waals surface area (Å²) >= 11 is 0. The molecule has 1 saturated heterocycles. The molecule has 0 aromatic carbocycles. The van der Waals surface area contributed by atoms with Gasteiger partial charge in [-0.3, -0.25) is 4.98 Å². The van der Waals surface area contributed by atoms with E-state index in [0.29, 0.717) is 6.04 Å². The highest BCUT2D eigenvalue weighted by Crippen LogP contribution is 2.22. The molecule has 16 heavy (non-hydrogen) atoms. The van der Waals surface area contributed by atoms with Gasteiger partial charge in [-0.1, -0.05) is 6.92 Å². The lowest BCUT2D eigenvalue weighted by Crippen LogP contribution is -2.51. The Kier molecular flexibility index (Phi) is 3.44. The summed E-state index contributed by atoms with van der Waals surface area (Å²) in [6.45, 7) is 9.66. The number of piperazine rings is 1. The Morgan fingerprint density at radius 3 is 2.94 bits per heavy atom. The topological polar surface area (TPSA) is 28.2 Å². The van der Waals surface area contributed by atoms with Crippen LogP contribution in [0.15, 0.2) is 12.1 Å². The molecule has 0 spiro atoms. The second-order valence-electron chi connectivity index (χ2n) is 4.52. The van der Waals surface area contributed by atoms with Crippen molar-refractivity contribution in [1.29, 1.82) is 0 Å². The summed E-state index contributed by atoms with van der Waals surface area (Å²) in [6.07, 6.45) is 1.18. The fourth-order valence-electron chi connectivity index (χ4n) is 2.43. The number of aryl methyl sites for hydroxylation is 2. The second kappa shape index (κ2) is 4.83. The Balaban J connectivity index is 2.27. The van der Waals surface area contributed by atoms with Gasteiger partial charge in [0.1, 0.15) is 0 Å². The van der Waals surface area contributed by atoms with Crippen molar-refractivity contribution in [3.05, 3.63) is 23.5 Å². The molecule has 0 saturated carbocycles. The third kappa shape index (κ3) is 2.19. The molecule has 1 fully saturated rings. The molecule has 1 aliphatic rings. The molecule has 1 aromatic rings. The van der Waals surface area contributed by atoms with E-state index in [2.05, 4.69) is 41.2 Å². The molecule has 1 aliphatic heterocycles. The number of nitrogens with one attached hydrogen (secondary N) is 1. The van der Waals surface area contributed by atoms with Crippen LogP contribution < -0.4 is 10.2 Å². The second-order valence-corrected chi connectivity index (χ2v) is 4.52. The van der Waals surface area contributed by atoms with E-state index in [1.807, 2.05) is 6.92 Å². The minimum Gasteiger partial charge on any atom is -0.365 e. The first-order chi connectivity index (χ1) is 7.72. The van der Waals surface area contributed by atoms with Crippen molar-refractivity contribution < 1.29 is 0 Å². The van der Waals surface area contributed by atoms with Gasteiger partial charge >= 0.3 is 0 Å². The maximum absolute atomic E-state index is 4.56. The third-order valence-electron chi connectivity index (χ3n) is 3.33. The smallest absolute Gasteiger partial charge is 0.0609 e. The maximum Gasteiger partial charge on any atom is 0.0609 e. The number of hydrogen-bond donors (Lipinski definition) is 1. The monoisotopic (exact) mass is 219 g/mol. The fourth-order valence-corrected chi connectivity index (χ4v) is 2.43. The van der Waals surface area contributed by atoms with E-state index in [0.717, 1.165) is 31.0 Å². The van der Waals surface area contributed by atoms with E-state index in [1.54, 1.807) is 0 Å². The molecule has 0 aliphatic carbocycles. The molecule has 1 aromatic heterocycles. The van der Waals surface area contributed by atoms with Gasteiger partial charge in [-0.15, -0.1) is 0 Å². The SMILES string of the molecule is CCC1CNCCN1c1ccc(C)nc1C. The average Bonchev–Trinajstić information content (AvgIpc) is 2.29. The van der Waals surface area contributed by atoms with Crippen molar-refractivity contribution >= 4 is 5.69 Å². The largest absolute Gasteiger partial charge is 0.365 e. The zero-order chi connectivity index (χ0) is 11.5. The summed E-state index contributed by atoms with van der Waals surface area (Å²) in [6, 6.07) is 4.93. The first kappa shape index (κ1) is 11.4. The van der Waals surface area contributed by atoms with E-state index in [-0.39, 0.29) is 0 Å². The molecule has 0 radical (unpaired) electrons. The van der Waals surface area contributed by atoms with E-state index in [9.17, 15) is 0 Å². The zero-order valence-corrected chi connectivity index (χ0v) is 10.5. The van der Waals surface area contributed by atoms with Crippen molar-refractivity contribution in [2.45, 2.75) is 33.2 Å². The number of pyridine rings is 1. The summed E-state index contributed by atoms with van der Waals surface area (Å²) in [5, 5.41) is 3.45. The minimum atomic E-state index is 0.608. The maximum atomic E-state index is 4.56. The number of aromatic nitrogens is 1. The zero-order valence-electron chi connectivity index (χ0n) is 10.5. The van der Waals surface area contributed by atoms with Crippen LogP contribution in [0, 0.1) is 13.8 Å². The van der Waals surface area contributed by atoms with Crippen LogP contribution >= 0.6 is 0 Å². The Hall–Kier alpha value is -1.09. The van der Waals surface area contributed by atoms with Gasteiger partial charge in [-0.2, -0.15) is 0 Å². The molecule has 2 rings (SSSR count). The lowest BCUT2D eigenvalue weighted by atomic mass is 10.1. The van der Waals surface area contributed by atoms with Gasteiger partial charge in [0.05, 0.1) is 11.4 Å². The molecule has 3 nitrogen and oxygen atoms in total. The normalized spacial score (nSPS) is 21.2. The van der Waals surface area contributed by atoms with E-state index in [4.69, 9.17) is 0 Å². The average molecular weight is 219 g/mol. The predicted octanol–water partition coefficient (Wildman–Crippen LogP) is 1.89. The molecule has 1 atom stereocenters. The summed E-state index contributed by atoms with van der Waals surface area (Å²) in [5.74, 6) is 0. The highest BCUT2D eigenvalue weighted by molar-refractivity contribution is 5.52. The van der Waals surface area contributed by atoms with Crippen molar-refractivity contribution in [3.63, 3.8) is 0 Å². The van der Waals surface area contributed by atoms with Crippen LogP contribution in [-0.4, -0.2) is 30.7 Å². The van der Waals surface area contributed by atoms with Gasteiger partial charge in [0.15, 0.2) is 0 Å². The summed E-state index contributed by atoms with van der Waals surface area (Å²) < 4.78 is 0. The number of rotatable bonds is 2. The van der Waals surface area contributed by atoms with Gasteiger partial charge in [0.25, 0.3) is 0 Å². The first-order valence-electron chi connectivity index (χ1n) is 6.14. The lowest BCUT2D eigenvalue weighted by Gasteiger charge is -2.38. The van der Waals surface area contributed by atoms with Crippen LogP contribution in [0.2, 0.25) is 0 Å². The van der Waals surface area contributed by atoms with Crippen LogP contribution in [0.4, 0.5) is 5.69 Å². The van der Waals surface area contributed by atoms with Gasteiger partial charge in [0, 0.05) is 31.4 Å². The Labute approximate surface area is 97.9 Å². The predicted molar refractivity (Wildman–Crippen MR) is 68.0 cm³/mol. The Morgan fingerprint density at radius 2 is 2.25 bits per heavy atom. The highest BCUT2D eigenvalue weighted by atomic mass is 15.2. The van der Waals surface area contributed by atoms with Crippen LogP contribution in [-0.2, 0) is 0 Å². The summed E-state index contributed by atoms with van der Waals surface area (Å²) in [5.41, 5.74) is 3.56. The molecule has 0 bridgehead atoms. The number of nitrogens with zero attached hydrogens (tertiary/aromatic N) is 2. The molecular formula is C13H21N3. The van der Waals surface area contributed by atoms with Crippen LogP contribution in [0.3, 0.4) is 0 Å². The van der Waals surface area contributed by atoms with Gasteiger partial charge in [-0.25, -0.2) is 0 Å². The van der Waals surface area contributed by atoms with Crippen LogP contribution in [0.5, 0.6) is 0 Å². The number of anilines is 1. The fraction of sp³-hybridized carbons (Fsp3) is 0.615. The molecule has 2 heterocycles. The summed E-state index contributed by atoms with van der Waals surface area (Å²) in [7, 11) is 0. The van der Waals surface area contributed by atoms with Crippen molar-refractivity contribution in [3.8, 4) is 0 Å². The minimum absolute atomic E-state index is 0.608. The molecule has 1 N–H and O–H groups in total. The van der Waals surface area contributed by atoms with Gasteiger partial charge < -0.3 is 10.2 Å². The quantitative estimate of drug-likeness (QED) is 0.823. The van der Waals surface area contributed by atoms with Crippen molar-refractivity contribution in [1.82, 2.24) is 10.3 Å². The van der Waals surface area contributed by atoms with Crippen molar-refractivity contribution in [2.24, 2.45) is 0 Å². The van der Waals surface area contributed by atoms with E-state index < -0.39 is 0 Å². The third-order valence-corrected chi connectivity index (χ3v) is 3.33. The van der Waals surface area contributed by atoms with Crippen molar-refractivity contribution in [2.75, 3.05) is 24.5 Å². The molecule has 88 valence electrons. The summed E-state index contributed by atoms with van der Waals surface area (Å²) in [4.78, 5) is 7.05. The lowest BCUT2D eigenvalue weighted by molar-refractivity contribution is 0.465. The molecule has 3 heteroatoms. The van der Waals surface area contributed by atoms with E-state index >= 15 is 0 Å². The van der Waals surface area contributed by atoms with Gasteiger partial charge in [0.2, 0.25) is 0 Å². The molecule has 1 unspecified atom stereocenters. The Morgan fingerprint density at radius 1 is 1.44 bits per heavy atom. The van der Waals surface area contributed by atoms with E-state index in [1.165, 1.54) is 12.1 Å². The highest BCUT2D eigenvalue weighted by Gasteiger charge is 2.22.